The number of hydrogen-bond acceptors (Lipinski definition) is 5. The van der Waals surface area contributed by atoms with Crippen molar-refractivity contribution in [3.05, 3.63) is 83.4 Å². The lowest BCUT2D eigenvalue weighted by molar-refractivity contribution is -0.132. The molecule has 2 amide bonds. The van der Waals surface area contributed by atoms with Crippen molar-refractivity contribution < 1.29 is 23.9 Å². The van der Waals surface area contributed by atoms with Crippen molar-refractivity contribution in [2.24, 2.45) is 0 Å². The predicted octanol–water partition coefficient (Wildman–Crippen LogP) is 4.29. The maximum Gasteiger partial charge on any atom is 0.271 e. The van der Waals surface area contributed by atoms with Crippen molar-refractivity contribution in [1.29, 1.82) is 0 Å². The summed E-state index contributed by atoms with van der Waals surface area (Å²) in [6.07, 6.45) is 0.797. The number of Topliss-reactive ketones (excluding diaryl/α,β-unsaturated/α-hetero) is 1. The van der Waals surface area contributed by atoms with Crippen molar-refractivity contribution in [3.63, 3.8) is 0 Å². The van der Waals surface area contributed by atoms with Gasteiger partial charge in [-0.1, -0.05) is 18.2 Å². The number of ketones is 1. The quantitative estimate of drug-likeness (QED) is 0.520. The summed E-state index contributed by atoms with van der Waals surface area (Å²) in [7, 11) is 1.56. The molecule has 0 bridgehead atoms. The van der Waals surface area contributed by atoms with Gasteiger partial charge in [0.2, 0.25) is 0 Å². The minimum Gasteiger partial charge on any atom is -0.497 e. The van der Waals surface area contributed by atoms with Crippen molar-refractivity contribution in [2.75, 3.05) is 30.0 Å². The summed E-state index contributed by atoms with van der Waals surface area (Å²) >= 11 is 0. The van der Waals surface area contributed by atoms with Crippen LogP contribution in [0.25, 0.3) is 0 Å². The molecule has 0 aromatic heterocycles. The van der Waals surface area contributed by atoms with Crippen LogP contribution >= 0.6 is 0 Å². The van der Waals surface area contributed by atoms with Crippen molar-refractivity contribution in [3.8, 4) is 11.5 Å². The molecule has 0 N–H and O–H groups in total. The molecule has 3 aromatic rings. The fourth-order valence-corrected chi connectivity index (χ4v) is 4.57. The third-order valence-electron chi connectivity index (χ3n) is 6.47. The number of para-hydroxylation sites is 1. The minimum absolute atomic E-state index is 0.156. The van der Waals surface area contributed by atoms with Crippen molar-refractivity contribution in [1.82, 2.24) is 0 Å². The average molecular weight is 471 g/mol. The first kappa shape index (κ1) is 22.7. The van der Waals surface area contributed by atoms with Gasteiger partial charge < -0.3 is 14.4 Å². The van der Waals surface area contributed by atoms with Gasteiger partial charge in [-0.15, -0.1) is 0 Å². The van der Waals surface area contributed by atoms with E-state index in [1.807, 2.05) is 24.3 Å². The molecule has 178 valence electrons. The lowest BCUT2D eigenvalue weighted by Gasteiger charge is -2.38. The van der Waals surface area contributed by atoms with E-state index in [1.165, 1.54) is 4.90 Å². The number of hydrogen-bond donors (Lipinski definition) is 0. The fraction of sp³-hybridized carbons (Fsp3) is 0.250. The molecule has 2 aliphatic rings. The van der Waals surface area contributed by atoms with Crippen LogP contribution in [0.15, 0.2) is 66.7 Å². The van der Waals surface area contributed by atoms with E-state index in [0.717, 1.165) is 17.7 Å². The Bertz CT molecular complexity index is 1330. The maximum atomic E-state index is 13.4. The molecular weight excluding hydrogens is 444 g/mol. The van der Waals surface area contributed by atoms with Gasteiger partial charge >= 0.3 is 0 Å². The Hall–Kier alpha value is -4.13. The highest BCUT2D eigenvalue weighted by atomic mass is 16.5. The number of fused-ring (bicyclic) bond motifs is 2. The molecule has 0 saturated heterocycles. The average Bonchev–Trinajstić information content (AvgIpc) is 3.30. The first-order chi connectivity index (χ1) is 16.8. The van der Waals surface area contributed by atoms with Crippen LogP contribution < -0.4 is 19.3 Å². The number of methoxy groups -OCH3 is 1. The molecule has 2 heterocycles. The van der Waals surface area contributed by atoms with E-state index in [9.17, 15) is 14.4 Å². The number of anilines is 2. The van der Waals surface area contributed by atoms with Crippen LogP contribution in [-0.2, 0) is 11.2 Å². The molecule has 0 unspecified atom stereocenters. The van der Waals surface area contributed by atoms with E-state index in [1.54, 1.807) is 68.3 Å². The van der Waals surface area contributed by atoms with E-state index in [-0.39, 0.29) is 24.1 Å². The molecule has 5 rings (SSSR count). The van der Waals surface area contributed by atoms with E-state index >= 15 is 0 Å². The standard InChI is InChI=1S/C28H26N2O5/c1-28(2)27(33)30(17-24(31)19-8-11-21(34-3)12-9-19)23-16-20(10-13-25(23)35-28)26(32)29-15-14-18-6-4-5-7-22(18)29/h4-13,16H,14-15,17H2,1-3H3. The highest BCUT2D eigenvalue weighted by Gasteiger charge is 2.42. The van der Waals surface area contributed by atoms with Gasteiger partial charge in [0.15, 0.2) is 11.4 Å². The molecule has 3 aromatic carbocycles. The molecule has 35 heavy (non-hydrogen) atoms. The van der Waals surface area contributed by atoms with Gasteiger partial charge in [0.1, 0.15) is 11.5 Å². The lowest BCUT2D eigenvalue weighted by atomic mass is 10.0. The highest BCUT2D eigenvalue weighted by molar-refractivity contribution is 6.12. The zero-order valence-electron chi connectivity index (χ0n) is 19.9. The first-order valence-electron chi connectivity index (χ1n) is 11.5. The number of amides is 2. The summed E-state index contributed by atoms with van der Waals surface area (Å²) < 4.78 is 11.1. The monoisotopic (exact) mass is 470 g/mol. The van der Waals surface area contributed by atoms with Gasteiger partial charge in [-0.3, -0.25) is 19.3 Å². The van der Waals surface area contributed by atoms with Crippen molar-refractivity contribution >= 4 is 29.0 Å². The number of ether oxygens (including phenoxy) is 2. The number of benzene rings is 3. The second-order valence-electron chi connectivity index (χ2n) is 9.17. The molecule has 7 heteroatoms. The Morgan fingerprint density at radius 2 is 1.69 bits per heavy atom. The maximum absolute atomic E-state index is 13.4. The lowest BCUT2D eigenvalue weighted by Crippen LogP contribution is -2.54. The second-order valence-corrected chi connectivity index (χ2v) is 9.17. The minimum atomic E-state index is -1.15. The largest absolute Gasteiger partial charge is 0.497 e. The highest BCUT2D eigenvalue weighted by Crippen LogP contribution is 2.39. The van der Waals surface area contributed by atoms with E-state index in [2.05, 4.69) is 0 Å². The van der Waals surface area contributed by atoms with Gasteiger partial charge in [-0.05, 0) is 74.4 Å². The van der Waals surface area contributed by atoms with Crippen LogP contribution in [0.5, 0.6) is 11.5 Å². The van der Waals surface area contributed by atoms with Gasteiger partial charge in [0.05, 0.1) is 19.3 Å². The van der Waals surface area contributed by atoms with Gasteiger partial charge in [-0.25, -0.2) is 0 Å². The molecule has 0 radical (unpaired) electrons. The summed E-state index contributed by atoms with van der Waals surface area (Å²) in [6.45, 7) is 3.76. The third kappa shape index (κ3) is 4.03. The number of rotatable bonds is 5. The topological polar surface area (TPSA) is 76.1 Å². The zero-order chi connectivity index (χ0) is 24.7. The second kappa shape index (κ2) is 8.58. The number of nitrogens with zero attached hydrogens (tertiary/aromatic N) is 2. The molecular formula is C28H26N2O5. The summed E-state index contributed by atoms with van der Waals surface area (Å²) in [4.78, 5) is 43.0. The number of carbonyl (C=O) groups excluding carboxylic acids is 3. The molecule has 0 spiro atoms. The van der Waals surface area contributed by atoms with Crippen molar-refractivity contribution in [2.45, 2.75) is 25.9 Å². The summed E-state index contributed by atoms with van der Waals surface area (Å²) in [6, 6.07) is 19.6. The normalized spacial score (nSPS) is 15.8. The first-order valence-corrected chi connectivity index (χ1v) is 11.5. The third-order valence-corrected chi connectivity index (χ3v) is 6.47. The van der Waals surface area contributed by atoms with Gasteiger partial charge in [0, 0.05) is 23.4 Å². The van der Waals surface area contributed by atoms with Gasteiger partial charge in [-0.2, -0.15) is 0 Å². The van der Waals surface area contributed by atoms with Crippen LogP contribution in [-0.4, -0.2) is 43.4 Å². The SMILES string of the molecule is COc1ccc(C(=O)CN2C(=O)C(C)(C)Oc3ccc(C(=O)N4CCc5ccccc54)cc32)cc1. The van der Waals surface area contributed by atoms with Crippen LogP contribution in [0.3, 0.4) is 0 Å². The smallest absolute Gasteiger partial charge is 0.271 e. The molecule has 0 aliphatic carbocycles. The predicted molar refractivity (Wildman–Crippen MR) is 133 cm³/mol. The van der Waals surface area contributed by atoms with E-state index in [0.29, 0.717) is 34.9 Å². The molecule has 0 fully saturated rings. The summed E-state index contributed by atoms with van der Waals surface area (Å²) in [5.74, 6) is 0.368. The number of carbonyl (C=O) groups is 3. The molecule has 0 atom stereocenters. The molecule has 7 nitrogen and oxygen atoms in total. The van der Waals surface area contributed by atoms with Crippen LogP contribution in [0.4, 0.5) is 11.4 Å². The van der Waals surface area contributed by atoms with Crippen LogP contribution in [0.1, 0.15) is 40.1 Å². The molecule has 0 saturated carbocycles. The summed E-state index contributed by atoms with van der Waals surface area (Å²) in [5.41, 5.74) is 2.19. The Balaban J connectivity index is 1.47. The van der Waals surface area contributed by atoms with E-state index in [4.69, 9.17) is 9.47 Å². The van der Waals surface area contributed by atoms with Crippen LogP contribution in [0.2, 0.25) is 0 Å². The fourth-order valence-electron chi connectivity index (χ4n) is 4.57. The molecule has 2 aliphatic heterocycles. The van der Waals surface area contributed by atoms with E-state index < -0.39 is 5.60 Å². The Kier molecular flexibility index (Phi) is 5.55. The Labute approximate surface area is 203 Å². The van der Waals surface area contributed by atoms with Crippen LogP contribution in [0, 0.1) is 0 Å². The summed E-state index contributed by atoms with van der Waals surface area (Å²) in [5, 5.41) is 0. The zero-order valence-corrected chi connectivity index (χ0v) is 19.9. The van der Waals surface area contributed by atoms with Gasteiger partial charge in [0.25, 0.3) is 11.8 Å². The Morgan fingerprint density at radius 1 is 0.971 bits per heavy atom. The Morgan fingerprint density at radius 3 is 2.43 bits per heavy atom.